The number of azo groups is 2. The first-order chi connectivity index (χ1) is 36.5. The second-order valence-electron chi connectivity index (χ2n) is 15.8. The van der Waals surface area contributed by atoms with Crippen LogP contribution in [0.4, 0.5) is 40.3 Å². The normalized spacial score (nSPS) is 12.4. The molecule has 2 aromatic heterocycles. The zero-order valence-corrected chi connectivity index (χ0v) is 44.5. The van der Waals surface area contributed by atoms with Crippen LogP contribution in [0.15, 0.2) is 136 Å². The van der Waals surface area contributed by atoms with Crippen LogP contribution in [-0.2, 0) is 73.2 Å². The van der Waals surface area contributed by atoms with Gasteiger partial charge < -0.3 is 41.9 Å². The Hall–Kier alpha value is -8.22. The van der Waals surface area contributed by atoms with Crippen LogP contribution in [0.5, 0.6) is 11.6 Å². The summed E-state index contributed by atoms with van der Waals surface area (Å²) < 4.78 is 131. The Balaban J connectivity index is 0.0000101. The van der Waals surface area contributed by atoms with Crippen molar-refractivity contribution in [3.63, 3.8) is 0 Å². The Morgan fingerprint density at radius 2 is 1.52 bits per heavy atom. The molecule has 0 saturated carbocycles. The number of nitrogens with one attached hydrogen (secondary N) is 2. The van der Waals surface area contributed by atoms with Gasteiger partial charge in [-0.15, -0.1) is 27.0 Å². The number of sulfone groups is 1. The summed E-state index contributed by atoms with van der Waals surface area (Å²) in [5.41, 5.74) is 5.98. The van der Waals surface area contributed by atoms with Crippen molar-refractivity contribution in [2.45, 2.75) is 35.2 Å². The zero-order valence-electron chi connectivity index (χ0n) is 39.6. The maximum atomic E-state index is 14.0. The minimum Gasteiger partial charge on any atom is -0.571 e. The standard InChI is InChI=1S/C43H35ClN13O17S4.Cu/c1-21-8-9-25(18-58)30(14-21)52-55-38(23-6-4-3-5-7-23)56-53-32-17-27(76(65,66)67)16-31(35(32)59)47-43-49-41(44)48-42(50-43)46-19-57-39(61)33(37(45)60)22(2)34(40(57)62)54-51-29-13-10-24-15-26(75(63,64)20-74-78(71,72)73)11-12-28(24)36(29)77(68,69)70;/h3-17H,19-20H2,1-2H3,(H10,45,46,47,48,49,50,51,52,53,54,55,56,58,59,60,61,62,65,66,67,68,69,70,71,72,73);/q-1;+2/p-1. The number of amidine groups is 1. The summed E-state index contributed by atoms with van der Waals surface area (Å²) in [6, 6.07) is 18.9. The molecule has 7 rings (SSSR count). The molecule has 9 N–H and O–H groups in total. The number of pyridine rings is 1. The number of carbonyl (C=O) groups is 1. The number of amides is 1. The SMILES string of the molecule is Cc1ccc([C-]=O)c(N=N/C(=N\[N-]c2cc(S(=O)(=O)O)cc(Nc3nc(Cl)nc(NCn4c(O)c(C(N)=O)c(C)c(N=Nc5ccc6cc(S(=O)(=O)COS(=O)(=O)O)ccc6c5S(=O)(=O)O)c4=O)n3)c2O)c2ccccc2)c1.[Cu+2]. The number of hydrogen-bond acceptors (Lipinski definition) is 23. The van der Waals surface area contributed by atoms with Crippen molar-refractivity contribution >= 4 is 121 Å². The maximum Gasteiger partial charge on any atom is 2.00 e. The zero-order chi connectivity index (χ0) is 57.1. The fourth-order valence-electron chi connectivity index (χ4n) is 6.88. The Morgan fingerprint density at radius 3 is 2.16 bits per heavy atom. The number of nitrogens with zero attached hydrogens (tertiary/aromatic N) is 10. The van der Waals surface area contributed by atoms with Gasteiger partial charge in [0.25, 0.3) is 31.7 Å². The average molecular weight is 1230 g/mol. The van der Waals surface area contributed by atoms with Crippen LogP contribution in [0.2, 0.25) is 5.28 Å². The molecule has 30 nitrogen and oxygen atoms in total. The topological polar surface area (TPSA) is 468 Å². The number of phenols is 1. The van der Waals surface area contributed by atoms with Gasteiger partial charge in [0, 0.05) is 16.5 Å². The summed E-state index contributed by atoms with van der Waals surface area (Å²) in [7, 11) is -20.1. The van der Waals surface area contributed by atoms with E-state index in [4.69, 9.17) is 21.9 Å². The second-order valence-corrected chi connectivity index (χ2v) is 21.9. The van der Waals surface area contributed by atoms with Gasteiger partial charge in [0.1, 0.15) is 28.6 Å². The quantitative estimate of drug-likeness (QED) is 0.00688. The van der Waals surface area contributed by atoms with Gasteiger partial charge in [0.2, 0.25) is 32.9 Å². The molecule has 0 fully saturated rings. The number of nitrogens with two attached hydrogens (primary N) is 1. The van der Waals surface area contributed by atoms with E-state index in [1.54, 1.807) is 55.7 Å². The molecule has 0 aliphatic carbocycles. The van der Waals surface area contributed by atoms with Crippen molar-refractivity contribution in [1.29, 1.82) is 0 Å². The molecule has 0 aliphatic heterocycles. The fraction of sp³-hybridized carbons (Fsp3) is 0.0930. The van der Waals surface area contributed by atoms with Gasteiger partial charge in [0.05, 0.1) is 21.8 Å². The van der Waals surface area contributed by atoms with E-state index in [1.807, 2.05) is 0 Å². The third-order valence-electron chi connectivity index (χ3n) is 10.5. The van der Waals surface area contributed by atoms with Crippen molar-refractivity contribution in [2.24, 2.45) is 31.3 Å². The van der Waals surface area contributed by atoms with E-state index in [0.717, 1.165) is 55.0 Å². The number of rotatable bonds is 19. The summed E-state index contributed by atoms with van der Waals surface area (Å²) in [5, 5.41) is 46.4. The van der Waals surface area contributed by atoms with E-state index in [1.165, 1.54) is 6.07 Å². The van der Waals surface area contributed by atoms with E-state index >= 15 is 0 Å². The molecule has 1 amide bonds. The van der Waals surface area contributed by atoms with Gasteiger partial charge >= 0.3 is 27.5 Å². The van der Waals surface area contributed by atoms with Crippen LogP contribution in [0.25, 0.3) is 16.2 Å². The van der Waals surface area contributed by atoms with Gasteiger partial charge in [0.15, 0.2) is 17.5 Å². The Morgan fingerprint density at radius 1 is 0.823 bits per heavy atom. The van der Waals surface area contributed by atoms with Crippen molar-refractivity contribution in [3.8, 4) is 11.6 Å². The first-order valence-electron chi connectivity index (χ1n) is 21.1. The predicted molar refractivity (Wildman–Crippen MR) is 274 cm³/mol. The van der Waals surface area contributed by atoms with Crippen molar-refractivity contribution in [2.75, 3.05) is 16.6 Å². The molecule has 5 aromatic carbocycles. The van der Waals surface area contributed by atoms with Gasteiger partial charge in [-0.25, -0.2) is 17.7 Å². The van der Waals surface area contributed by atoms with Crippen LogP contribution in [-0.4, -0.2) is 101 Å². The molecule has 0 spiro atoms. The molecule has 1 radical (unpaired) electrons. The van der Waals surface area contributed by atoms with Crippen molar-refractivity contribution in [1.82, 2.24) is 19.5 Å². The van der Waals surface area contributed by atoms with Crippen molar-refractivity contribution < 1.29 is 88.4 Å². The number of phenolic OH excluding ortho intramolecular Hbond substituents is 1. The van der Waals surface area contributed by atoms with Crippen LogP contribution < -0.4 is 21.9 Å². The average Bonchev–Trinajstić information content (AvgIpc) is 3.37. The third-order valence-corrected chi connectivity index (χ3v) is 14.4. The predicted octanol–water partition coefficient (Wildman–Crippen LogP) is 5.85. The van der Waals surface area contributed by atoms with E-state index in [-0.39, 0.29) is 50.5 Å². The number of aromatic hydroxyl groups is 2. The molecule has 0 aliphatic rings. The van der Waals surface area contributed by atoms with Crippen LogP contribution >= 0.6 is 11.6 Å². The molecule has 79 heavy (non-hydrogen) atoms. The minimum absolute atomic E-state index is 0. The van der Waals surface area contributed by atoms with Gasteiger partial charge in [-0.05, 0) is 60.8 Å². The summed E-state index contributed by atoms with van der Waals surface area (Å²) >= 11 is 6.18. The number of hydrogen-bond donors (Lipinski definition) is 8. The molecular formula is C43H34ClCuN13O17S4. The number of fused-ring (bicyclic) bond motifs is 1. The van der Waals surface area contributed by atoms with Crippen LogP contribution in [0, 0.1) is 13.8 Å². The van der Waals surface area contributed by atoms with Crippen molar-refractivity contribution in [3.05, 3.63) is 140 Å². The number of anilines is 3. The first-order valence-corrected chi connectivity index (χ1v) is 27.4. The Bertz CT molecular complexity index is 4250. The summed E-state index contributed by atoms with van der Waals surface area (Å²) in [6.07, 6.45) is 1.75. The molecular weight excluding hydrogens is 1200 g/mol. The minimum atomic E-state index is -5.27. The maximum absolute atomic E-state index is 14.0. The van der Waals surface area contributed by atoms with Gasteiger partial charge in [-0.3, -0.25) is 27.8 Å². The number of primary amides is 1. The fourth-order valence-corrected chi connectivity index (χ4v) is 10.1. The Labute approximate surface area is 461 Å². The molecule has 0 saturated heterocycles. The summed E-state index contributed by atoms with van der Waals surface area (Å²) in [5.74, 6) is -5.94. The third kappa shape index (κ3) is 14.3. The van der Waals surface area contributed by atoms with E-state index in [2.05, 4.69) is 60.8 Å². The van der Waals surface area contributed by atoms with Crippen LogP contribution in [0.1, 0.15) is 32.6 Å². The molecule has 7 aromatic rings. The summed E-state index contributed by atoms with van der Waals surface area (Å²) in [4.78, 5) is 47.6. The molecule has 0 bridgehead atoms. The largest absolute Gasteiger partial charge is 2.00 e. The molecule has 2 heterocycles. The van der Waals surface area contributed by atoms with E-state index < -0.39 is 136 Å². The van der Waals surface area contributed by atoms with E-state index in [0.29, 0.717) is 10.1 Å². The number of aromatic nitrogens is 4. The number of carbonyl (C=O) groups excluding carboxylic acids is 2. The smallest absolute Gasteiger partial charge is 0.571 e. The number of halogens is 1. The first kappa shape index (κ1) is 60.0. The second kappa shape index (κ2) is 23.8. The van der Waals surface area contributed by atoms with Gasteiger partial charge in [-0.1, -0.05) is 65.8 Å². The molecule has 0 atom stereocenters. The van der Waals surface area contributed by atoms with Gasteiger partial charge in [-0.2, -0.15) is 46.3 Å². The van der Waals surface area contributed by atoms with E-state index in [9.17, 15) is 67.4 Å². The monoisotopic (exact) mass is 1230 g/mol. The molecule has 0 unspecified atom stereocenters. The molecule has 415 valence electrons. The molecule has 36 heteroatoms. The Kier molecular flexibility index (Phi) is 18.1. The summed E-state index contributed by atoms with van der Waals surface area (Å²) in [6.45, 7) is 2.01. The number of aryl methyl sites for hydroxylation is 1. The number of benzene rings is 5. The van der Waals surface area contributed by atoms with Crippen LogP contribution in [0.3, 0.4) is 0 Å².